The van der Waals surface area contributed by atoms with Gasteiger partial charge in [0.05, 0.1) is 12.9 Å². The third-order valence-corrected chi connectivity index (χ3v) is 14.3. The van der Waals surface area contributed by atoms with Crippen LogP contribution in [0.15, 0.2) is 12.8 Å². The van der Waals surface area contributed by atoms with E-state index < -0.39 is 25.4 Å². The van der Waals surface area contributed by atoms with Gasteiger partial charge in [-0.2, -0.15) is 0 Å². The van der Waals surface area contributed by atoms with Crippen LogP contribution in [0, 0.1) is 0 Å². The van der Waals surface area contributed by atoms with Gasteiger partial charge in [-0.05, 0) is 58.3 Å². The molecule has 4 nitrogen and oxygen atoms in total. The van der Waals surface area contributed by atoms with Crippen LogP contribution in [0.5, 0.6) is 0 Å². The Hall–Kier alpha value is 0.288. The fraction of sp³-hybridized carbons (Fsp3) is 0.833. The van der Waals surface area contributed by atoms with Crippen molar-refractivity contribution in [1.82, 2.24) is 0 Å². The summed E-state index contributed by atoms with van der Waals surface area (Å²) in [7, 11) is -5.49. The van der Waals surface area contributed by atoms with Gasteiger partial charge in [-0.1, -0.05) is 6.58 Å². The van der Waals surface area contributed by atoms with Crippen LogP contribution in [0.4, 0.5) is 0 Å². The zero-order valence-corrected chi connectivity index (χ0v) is 18.0. The maximum atomic E-state index is 6.42. The van der Waals surface area contributed by atoms with Crippen LogP contribution in [0.1, 0.15) is 6.42 Å². The van der Waals surface area contributed by atoms with E-state index in [9.17, 15) is 0 Å². The number of hydrogen-bond donors (Lipinski definition) is 0. The Balaban J connectivity index is 4.72. The maximum absolute atomic E-state index is 6.42. The molecule has 1 unspecified atom stereocenters. The quantitative estimate of drug-likeness (QED) is 0.322. The summed E-state index contributed by atoms with van der Waals surface area (Å²) in [6.45, 7) is 19.2. The Morgan fingerprint density at radius 1 is 1.05 bits per heavy atom. The summed E-state index contributed by atoms with van der Waals surface area (Å²) in [6, 6.07) is 0.928. The van der Waals surface area contributed by atoms with E-state index in [1.54, 1.807) is 0 Å². The van der Waals surface area contributed by atoms with Gasteiger partial charge in [-0.25, -0.2) is 0 Å². The fourth-order valence-electron chi connectivity index (χ4n) is 2.12. The number of ether oxygens (including phenoxy) is 1. The zero-order valence-electron chi connectivity index (χ0n) is 14.0. The Labute approximate surface area is 130 Å². The van der Waals surface area contributed by atoms with Crippen LogP contribution < -0.4 is 0 Å². The summed E-state index contributed by atoms with van der Waals surface area (Å²) >= 11 is 0. The lowest BCUT2D eigenvalue weighted by atomic mass is 10.5. The molecular weight excluding hydrogens is 320 g/mol. The van der Waals surface area contributed by atoms with E-state index in [-0.39, 0.29) is 0 Å². The zero-order chi connectivity index (χ0) is 15.9. The molecule has 0 aliphatic rings. The average molecular weight is 351 g/mol. The SMILES string of the molecule is C=COCCC[Si](C)(O[Si](C)(C)C)O[Si](C)(C)O[Si]C. The summed E-state index contributed by atoms with van der Waals surface area (Å²) < 4.78 is 23.9. The average Bonchev–Trinajstić information content (AvgIpc) is 2.20. The summed E-state index contributed by atoms with van der Waals surface area (Å²) in [4.78, 5) is 0. The molecule has 0 heterocycles. The van der Waals surface area contributed by atoms with E-state index in [4.69, 9.17) is 17.1 Å². The minimum absolute atomic E-state index is 0.462. The van der Waals surface area contributed by atoms with Gasteiger partial charge in [0.15, 0.2) is 8.32 Å². The highest BCUT2D eigenvalue weighted by Gasteiger charge is 2.42. The molecule has 0 amide bonds. The van der Waals surface area contributed by atoms with E-state index in [0.29, 0.717) is 16.4 Å². The highest BCUT2D eigenvalue weighted by atomic mass is 28.5. The minimum atomic E-state index is -2.22. The standard InChI is InChI=1S/C12H30O4Si4/c1-9-13-11-10-12-20(8,15-18(3,4)5)16-19(6,7)14-17-2/h9H,1,10-12H2,2-8H3. The van der Waals surface area contributed by atoms with Gasteiger partial charge >= 0.3 is 17.1 Å². The Kier molecular flexibility index (Phi) is 8.79. The summed E-state index contributed by atoms with van der Waals surface area (Å²) in [5, 5.41) is 0. The largest absolute Gasteiger partial charge is 0.502 e. The second kappa shape index (κ2) is 8.66. The molecular formula is C12H30O4Si4. The molecule has 20 heavy (non-hydrogen) atoms. The monoisotopic (exact) mass is 350 g/mol. The van der Waals surface area contributed by atoms with Crippen molar-refractivity contribution in [3.63, 3.8) is 0 Å². The fourth-order valence-corrected chi connectivity index (χ4v) is 16.1. The smallest absolute Gasteiger partial charge is 0.315 e. The third-order valence-electron chi connectivity index (χ3n) is 2.34. The first kappa shape index (κ1) is 20.3. The molecule has 0 aromatic carbocycles. The molecule has 0 saturated heterocycles. The lowest BCUT2D eigenvalue weighted by molar-refractivity contribution is 0.244. The highest BCUT2D eigenvalue weighted by Crippen LogP contribution is 2.25. The lowest BCUT2D eigenvalue weighted by Crippen LogP contribution is -2.54. The second-order valence-corrected chi connectivity index (χ2v) is 18.9. The highest BCUT2D eigenvalue weighted by molar-refractivity contribution is 6.87. The van der Waals surface area contributed by atoms with Gasteiger partial charge in [-0.3, -0.25) is 0 Å². The molecule has 0 saturated carbocycles. The van der Waals surface area contributed by atoms with Gasteiger partial charge in [0.2, 0.25) is 9.76 Å². The maximum Gasteiger partial charge on any atom is 0.315 e. The summed E-state index contributed by atoms with van der Waals surface area (Å²) in [5.41, 5.74) is 0. The van der Waals surface area contributed by atoms with Crippen LogP contribution in [0.3, 0.4) is 0 Å². The Morgan fingerprint density at radius 2 is 1.65 bits per heavy atom. The van der Waals surface area contributed by atoms with Crippen molar-refractivity contribution in [3.8, 4) is 0 Å². The number of hydrogen-bond acceptors (Lipinski definition) is 4. The predicted octanol–water partition coefficient (Wildman–Crippen LogP) is 3.86. The van der Waals surface area contributed by atoms with E-state index >= 15 is 0 Å². The molecule has 0 bridgehead atoms. The molecule has 2 radical (unpaired) electrons. The molecule has 0 rings (SSSR count). The molecule has 0 aliphatic carbocycles. The minimum Gasteiger partial charge on any atom is -0.502 e. The first-order valence-electron chi connectivity index (χ1n) is 7.01. The van der Waals surface area contributed by atoms with Gasteiger partial charge < -0.3 is 17.1 Å². The van der Waals surface area contributed by atoms with Crippen LogP contribution in [0.25, 0.3) is 0 Å². The molecule has 0 aliphatic heterocycles. The summed E-state index contributed by atoms with van der Waals surface area (Å²) in [6.07, 6.45) is 2.41. The molecule has 0 spiro atoms. The molecule has 0 N–H and O–H groups in total. The molecule has 0 aromatic rings. The van der Waals surface area contributed by atoms with E-state index in [0.717, 1.165) is 12.5 Å². The van der Waals surface area contributed by atoms with Gasteiger partial charge in [0.25, 0.3) is 0 Å². The second-order valence-electron chi connectivity index (χ2n) is 6.30. The Morgan fingerprint density at radius 3 is 2.10 bits per heavy atom. The van der Waals surface area contributed by atoms with Crippen LogP contribution >= 0.6 is 0 Å². The molecule has 0 fully saturated rings. The van der Waals surface area contributed by atoms with Crippen LogP contribution in [0.2, 0.25) is 51.9 Å². The van der Waals surface area contributed by atoms with Crippen molar-refractivity contribution in [2.45, 2.75) is 58.3 Å². The molecule has 118 valence electrons. The van der Waals surface area contributed by atoms with Crippen LogP contribution in [-0.2, 0) is 17.1 Å². The van der Waals surface area contributed by atoms with Crippen LogP contribution in [-0.4, -0.2) is 41.8 Å². The van der Waals surface area contributed by atoms with Crippen molar-refractivity contribution in [2.24, 2.45) is 0 Å². The van der Waals surface area contributed by atoms with Crippen molar-refractivity contribution >= 4 is 35.2 Å². The first-order chi connectivity index (χ1) is 9.04. The van der Waals surface area contributed by atoms with Gasteiger partial charge in [0.1, 0.15) is 0 Å². The van der Waals surface area contributed by atoms with E-state index in [1.165, 1.54) is 6.26 Å². The van der Waals surface area contributed by atoms with Crippen molar-refractivity contribution in [2.75, 3.05) is 6.61 Å². The van der Waals surface area contributed by atoms with Gasteiger partial charge in [-0.15, -0.1) is 0 Å². The normalized spacial score (nSPS) is 15.8. The molecule has 0 aromatic heterocycles. The predicted molar refractivity (Wildman–Crippen MR) is 92.9 cm³/mol. The first-order valence-corrected chi connectivity index (χ1v) is 17.2. The molecule has 1 atom stereocenters. The van der Waals surface area contributed by atoms with E-state index in [1.807, 2.05) is 6.55 Å². The lowest BCUT2D eigenvalue weighted by Gasteiger charge is -2.39. The number of rotatable bonds is 11. The van der Waals surface area contributed by atoms with E-state index in [2.05, 4.69) is 45.9 Å². The topological polar surface area (TPSA) is 36.9 Å². The van der Waals surface area contributed by atoms with Crippen molar-refractivity contribution in [1.29, 1.82) is 0 Å². The van der Waals surface area contributed by atoms with Crippen molar-refractivity contribution in [3.05, 3.63) is 12.8 Å². The third kappa shape index (κ3) is 10.1. The van der Waals surface area contributed by atoms with Crippen molar-refractivity contribution < 1.29 is 17.1 Å². The van der Waals surface area contributed by atoms with Gasteiger partial charge in [0, 0.05) is 0 Å². The Bertz CT molecular complexity index is 294. The molecule has 8 heteroatoms. The summed E-state index contributed by atoms with van der Waals surface area (Å²) in [5.74, 6) is 0.